The molecule has 1 aromatic rings. The van der Waals surface area contributed by atoms with E-state index in [0.717, 1.165) is 24.3 Å². The number of halogens is 1. The van der Waals surface area contributed by atoms with Gasteiger partial charge < -0.3 is 37.9 Å². The van der Waals surface area contributed by atoms with Crippen LogP contribution >= 0.6 is 0 Å². The molecule has 0 radical (unpaired) electrons. The topological polar surface area (TPSA) is 22.0 Å². The van der Waals surface area contributed by atoms with Gasteiger partial charge in [0.05, 0.1) is 20.7 Å². The maximum Gasteiger partial charge on any atom is 0.200 e. The molecule has 3 unspecified atom stereocenters. The molecule has 1 aromatic carbocycles. The minimum Gasteiger partial charge on any atom is -1.00 e. The highest BCUT2D eigenvalue weighted by Crippen LogP contribution is 2.33. The molecule has 3 atom stereocenters. The number of rotatable bonds is 3. The van der Waals surface area contributed by atoms with Crippen LogP contribution in [-0.2, 0) is 11.3 Å². The molecule has 1 N–H and O–H groups in total. The summed E-state index contributed by atoms with van der Waals surface area (Å²) in [5.74, 6) is 0. The molecule has 2 fully saturated rings. The number of benzene rings is 1. The number of fused-ring (bicyclic) bond motifs is 2. The van der Waals surface area contributed by atoms with Gasteiger partial charge in [0.1, 0.15) is 6.10 Å². The van der Waals surface area contributed by atoms with E-state index in [1.165, 1.54) is 18.4 Å². The van der Waals surface area contributed by atoms with Crippen molar-refractivity contribution in [3.63, 3.8) is 0 Å². The highest BCUT2D eigenvalue weighted by atomic mass is 127. The number of quaternary nitrogens is 1. The summed E-state index contributed by atoms with van der Waals surface area (Å²) in [7, 11) is 4.70. The number of hydrogen-bond acceptors (Lipinski definition) is 1. The van der Waals surface area contributed by atoms with Gasteiger partial charge in [0.25, 0.3) is 0 Å². The Kier molecular flexibility index (Phi) is 5.45. The molecule has 0 aromatic heterocycles. The smallest absolute Gasteiger partial charge is 0.200 e. The van der Waals surface area contributed by atoms with Gasteiger partial charge in [0.2, 0.25) is 6.61 Å². The average Bonchev–Trinajstić information content (AvgIpc) is 2.38. The molecular weight excluding hydrogens is 365 g/mol. The van der Waals surface area contributed by atoms with Gasteiger partial charge in [0.15, 0.2) is 18.7 Å². The van der Waals surface area contributed by atoms with Crippen molar-refractivity contribution in [1.82, 2.24) is 0 Å². The largest absolute Gasteiger partial charge is 1.00 e. The number of ether oxygens (including phenoxy) is 2. The van der Waals surface area contributed by atoms with E-state index in [4.69, 9.17) is 4.74 Å². The molecule has 2 saturated heterocycles. The van der Waals surface area contributed by atoms with Gasteiger partial charge in [-0.1, -0.05) is 30.3 Å². The van der Waals surface area contributed by atoms with Crippen LogP contribution < -0.4 is 24.0 Å². The lowest BCUT2D eigenvalue weighted by molar-refractivity contribution is -0.959. The van der Waals surface area contributed by atoms with Crippen LogP contribution in [0.3, 0.4) is 0 Å². The normalized spacial score (nSPS) is 31.4. The maximum atomic E-state index is 6.21. The van der Waals surface area contributed by atoms with Crippen LogP contribution in [0.15, 0.2) is 30.3 Å². The van der Waals surface area contributed by atoms with Crippen molar-refractivity contribution in [1.29, 1.82) is 0 Å². The quantitative estimate of drug-likeness (QED) is 0.358. The fraction of sp³-hybridized carbons (Fsp3) is 0.625. The number of morpholine rings is 1. The molecule has 112 valence electrons. The summed E-state index contributed by atoms with van der Waals surface area (Å²) in [6.07, 6.45) is 2.79. The van der Waals surface area contributed by atoms with E-state index < -0.39 is 0 Å². The van der Waals surface area contributed by atoms with E-state index in [1.54, 1.807) is 0 Å². The second kappa shape index (κ2) is 6.73. The third kappa shape index (κ3) is 3.18. The van der Waals surface area contributed by atoms with Gasteiger partial charge in [-0.3, -0.25) is 0 Å². The Morgan fingerprint density at radius 3 is 2.65 bits per heavy atom. The molecule has 0 spiro atoms. The van der Waals surface area contributed by atoms with Crippen LogP contribution in [0.4, 0.5) is 0 Å². The summed E-state index contributed by atoms with van der Waals surface area (Å²) in [5, 5.41) is 0. The highest BCUT2D eigenvalue weighted by Gasteiger charge is 2.52. The standard InChI is InChI=1S/C16H24NO2.HI/c1-17(2)14-8-9-16(15(17)12-18-11-14)19-10-13-6-4-3-5-7-13;/h3-7,14-16H,8-12H2,1-2H3;1H/q+1;. The number of nitrogens with zero attached hydrogens (tertiary/aromatic N) is 1. The van der Waals surface area contributed by atoms with E-state index in [0.29, 0.717) is 18.2 Å². The van der Waals surface area contributed by atoms with Crippen molar-refractivity contribution >= 4 is 0 Å². The highest BCUT2D eigenvalue weighted by molar-refractivity contribution is 5.13. The van der Waals surface area contributed by atoms with E-state index >= 15 is 0 Å². The van der Waals surface area contributed by atoms with E-state index in [9.17, 15) is 0 Å². The van der Waals surface area contributed by atoms with Gasteiger partial charge in [-0.05, 0) is 12.0 Å². The fourth-order valence-electron chi connectivity index (χ4n) is 3.54. The first-order valence-corrected chi connectivity index (χ1v) is 7.30. The maximum absolute atomic E-state index is 6.21. The molecule has 0 aliphatic carbocycles. The Balaban J connectivity index is 0.00000147. The third-order valence-corrected chi connectivity index (χ3v) is 4.97. The van der Waals surface area contributed by atoms with Crippen molar-refractivity contribution in [3.8, 4) is 0 Å². The molecule has 4 heteroatoms. The Labute approximate surface area is 138 Å². The van der Waals surface area contributed by atoms with Gasteiger partial charge in [0, 0.05) is 6.42 Å². The molecule has 2 heterocycles. The molecular formula is C16H25INO2+. The van der Waals surface area contributed by atoms with Crippen molar-refractivity contribution in [3.05, 3.63) is 35.9 Å². The van der Waals surface area contributed by atoms with Crippen LogP contribution in [-0.4, -0.2) is 54.7 Å². The predicted molar refractivity (Wildman–Crippen MR) is 75.9 cm³/mol. The lowest BCUT2D eigenvalue weighted by atomic mass is 9.89. The van der Waals surface area contributed by atoms with Crippen LogP contribution in [0.5, 0.6) is 0 Å². The predicted octanol–water partition coefficient (Wildman–Crippen LogP) is -1.28. The first-order valence-electron chi connectivity index (χ1n) is 7.30. The van der Waals surface area contributed by atoms with Crippen LogP contribution in [0.25, 0.3) is 0 Å². The second-order valence-electron chi connectivity index (χ2n) is 6.35. The molecule has 20 heavy (non-hydrogen) atoms. The number of hydrogen-bond donors (Lipinski definition) is 0. The third-order valence-electron chi connectivity index (χ3n) is 4.97. The van der Waals surface area contributed by atoms with Gasteiger partial charge >= 0.3 is 0 Å². The van der Waals surface area contributed by atoms with Crippen molar-refractivity contribution in [2.45, 2.75) is 37.6 Å². The van der Waals surface area contributed by atoms with Crippen LogP contribution in [0, 0.1) is 0 Å². The van der Waals surface area contributed by atoms with Crippen molar-refractivity contribution < 1.29 is 37.9 Å². The van der Waals surface area contributed by atoms with Gasteiger partial charge in [-0.15, -0.1) is 0 Å². The fourth-order valence-corrected chi connectivity index (χ4v) is 3.54. The molecule has 0 amide bonds. The lowest BCUT2D eigenvalue weighted by Crippen LogP contribution is -3.00. The first kappa shape index (κ1) is 16.2. The summed E-state index contributed by atoms with van der Waals surface area (Å²) in [4.78, 5) is 0. The Bertz CT molecular complexity index is 424. The lowest BCUT2D eigenvalue weighted by Gasteiger charge is -2.51. The Morgan fingerprint density at radius 1 is 1.15 bits per heavy atom. The zero-order chi connectivity index (χ0) is 13.3. The summed E-state index contributed by atoms with van der Waals surface area (Å²) >= 11 is 0. The minimum atomic E-state index is 0. The van der Waals surface area contributed by atoms with Crippen molar-refractivity contribution in [2.75, 3.05) is 27.3 Å². The summed E-state index contributed by atoms with van der Waals surface area (Å²) in [6.45, 7) is 2.73. The molecule has 3 nitrogen and oxygen atoms in total. The second-order valence-corrected chi connectivity index (χ2v) is 6.35. The number of aliphatic hydroxyl groups is 2. The number of likely N-dealkylation sites (N-methyl/N-ethyl adjacent to an activating group) is 1. The van der Waals surface area contributed by atoms with E-state index in [-0.39, 0.29) is 24.0 Å². The molecule has 2 bridgehead atoms. The summed E-state index contributed by atoms with van der Waals surface area (Å²) in [5.41, 5.74) is 1.27. The molecule has 2 aliphatic rings. The van der Waals surface area contributed by atoms with E-state index in [2.05, 4.69) is 49.2 Å². The molecule has 2 aliphatic heterocycles. The molecule has 3 rings (SSSR count). The average molecular weight is 390 g/mol. The van der Waals surface area contributed by atoms with Crippen LogP contribution in [0.1, 0.15) is 18.4 Å². The Morgan fingerprint density at radius 2 is 1.90 bits per heavy atom. The Hall–Kier alpha value is -0.170. The monoisotopic (exact) mass is 390 g/mol. The van der Waals surface area contributed by atoms with Gasteiger partial charge in [-0.25, -0.2) is 0 Å². The minimum absolute atomic E-state index is 0. The first-order chi connectivity index (χ1) is 9.18. The number of piperidine rings is 1. The summed E-state index contributed by atoms with van der Waals surface area (Å²) < 4.78 is 12.0. The molecule has 0 saturated carbocycles. The van der Waals surface area contributed by atoms with E-state index in [1.807, 2.05) is 0 Å². The SMILES string of the molecule is C[N+]1(C)C2CCC(OCc3ccccc3)C1C[OH+]C2.[I-]. The zero-order valence-corrected chi connectivity index (χ0v) is 14.5. The van der Waals surface area contributed by atoms with Crippen molar-refractivity contribution in [2.24, 2.45) is 0 Å². The van der Waals surface area contributed by atoms with Crippen LogP contribution in [0.2, 0.25) is 0 Å². The zero-order valence-electron chi connectivity index (χ0n) is 12.3. The van der Waals surface area contributed by atoms with Gasteiger partial charge in [-0.2, -0.15) is 0 Å². The summed E-state index contributed by atoms with van der Waals surface area (Å²) in [6, 6.07) is 11.7.